The van der Waals surface area contributed by atoms with Crippen LogP contribution in [0.3, 0.4) is 0 Å². The molecule has 0 aliphatic rings. The minimum Gasteiger partial charge on any atom is -0.311 e. The van der Waals surface area contributed by atoms with E-state index in [1.165, 1.54) is 11.1 Å². The average Bonchev–Trinajstić information content (AvgIpc) is 2.87. The van der Waals surface area contributed by atoms with Crippen LogP contribution in [0.5, 0.6) is 0 Å². The number of allylic oxidation sites excluding steroid dienone is 5. The van der Waals surface area contributed by atoms with Crippen LogP contribution in [0.15, 0.2) is 134 Å². The van der Waals surface area contributed by atoms with Crippen LogP contribution >= 0.6 is 0 Å². The van der Waals surface area contributed by atoms with Gasteiger partial charge in [0.25, 0.3) is 0 Å². The molecule has 3 aromatic carbocycles. The van der Waals surface area contributed by atoms with Gasteiger partial charge in [-0.1, -0.05) is 118 Å². The first-order chi connectivity index (χ1) is 15.7. The van der Waals surface area contributed by atoms with E-state index in [1.807, 2.05) is 32.1 Å². The smallest absolute Gasteiger partial charge is 0.0461 e. The highest BCUT2D eigenvalue weighted by atomic mass is 15.1. The van der Waals surface area contributed by atoms with Gasteiger partial charge in [-0.3, -0.25) is 0 Å². The first-order valence-corrected chi connectivity index (χ1v) is 11.4. The van der Waals surface area contributed by atoms with Gasteiger partial charge in [0.15, 0.2) is 0 Å². The van der Waals surface area contributed by atoms with Gasteiger partial charge in [-0.2, -0.15) is 0 Å². The van der Waals surface area contributed by atoms with E-state index < -0.39 is 0 Å². The van der Waals surface area contributed by atoms with Crippen molar-refractivity contribution in [1.29, 1.82) is 0 Å². The number of hydrogen-bond donors (Lipinski definition) is 0. The van der Waals surface area contributed by atoms with Crippen LogP contribution in [0.25, 0.3) is 11.1 Å². The Morgan fingerprint density at radius 2 is 1.31 bits per heavy atom. The summed E-state index contributed by atoms with van der Waals surface area (Å²) in [6.07, 6.45) is 10.1. The second-order valence-corrected chi connectivity index (χ2v) is 7.09. The van der Waals surface area contributed by atoms with Gasteiger partial charge in [0, 0.05) is 17.1 Å². The van der Waals surface area contributed by atoms with Crippen molar-refractivity contribution in [3.05, 3.63) is 134 Å². The van der Waals surface area contributed by atoms with Crippen LogP contribution in [0.4, 0.5) is 11.4 Å². The molecule has 32 heavy (non-hydrogen) atoms. The third-order valence-electron chi connectivity index (χ3n) is 4.88. The van der Waals surface area contributed by atoms with E-state index >= 15 is 0 Å². The maximum atomic E-state index is 4.01. The van der Waals surface area contributed by atoms with Gasteiger partial charge in [-0.25, -0.2) is 0 Å². The van der Waals surface area contributed by atoms with Crippen molar-refractivity contribution < 1.29 is 0 Å². The van der Waals surface area contributed by atoms with Gasteiger partial charge in [-0.15, -0.1) is 0 Å². The third kappa shape index (κ3) is 6.99. The molecule has 0 unspecified atom stereocenters. The Labute approximate surface area is 194 Å². The molecule has 0 aliphatic carbocycles. The lowest BCUT2D eigenvalue weighted by Crippen LogP contribution is -2.15. The Bertz CT molecular complexity index is 1010. The minimum atomic E-state index is 0.792. The molecule has 0 aliphatic heterocycles. The van der Waals surface area contributed by atoms with Gasteiger partial charge < -0.3 is 4.90 Å². The molecule has 1 heteroatoms. The Hall–Kier alpha value is -3.58. The quantitative estimate of drug-likeness (QED) is 0.311. The molecule has 0 spiro atoms. The summed E-state index contributed by atoms with van der Waals surface area (Å²) in [5.41, 5.74) is 6.87. The lowest BCUT2D eigenvalue weighted by atomic mass is 10.0. The molecule has 0 fully saturated rings. The van der Waals surface area contributed by atoms with E-state index in [4.69, 9.17) is 0 Å². The van der Waals surface area contributed by atoms with Crippen LogP contribution in [0, 0.1) is 0 Å². The van der Waals surface area contributed by atoms with Crippen LogP contribution in [0.2, 0.25) is 0 Å². The molecule has 0 N–H and O–H groups in total. The molecule has 0 aromatic heterocycles. The molecular formula is C31H35N. The zero-order chi connectivity index (χ0) is 23.2. The van der Waals surface area contributed by atoms with Crippen molar-refractivity contribution >= 4 is 11.4 Å². The van der Waals surface area contributed by atoms with Crippen molar-refractivity contribution in [3.8, 4) is 11.1 Å². The second kappa shape index (κ2) is 13.7. The topological polar surface area (TPSA) is 3.24 Å². The molecule has 164 valence electrons. The number of rotatable bonds is 9. The number of hydrogen-bond acceptors (Lipinski definition) is 1. The van der Waals surface area contributed by atoms with E-state index in [-0.39, 0.29) is 0 Å². The van der Waals surface area contributed by atoms with Crippen molar-refractivity contribution in [3.63, 3.8) is 0 Å². The summed E-state index contributed by atoms with van der Waals surface area (Å²) in [6.45, 7) is 14.0. The maximum Gasteiger partial charge on any atom is 0.0461 e. The minimum absolute atomic E-state index is 0.792. The molecule has 3 rings (SSSR count). The van der Waals surface area contributed by atoms with Gasteiger partial charge in [0.1, 0.15) is 0 Å². The van der Waals surface area contributed by atoms with E-state index in [9.17, 15) is 0 Å². The Balaban J connectivity index is 0.00000176. The molecule has 0 heterocycles. The summed E-state index contributed by atoms with van der Waals surface area (Å²) < 4.78 is 0. The van der Waals surface area contributed by atoms with Crippen LogP contribution < -0.4 is 4.90 Å². The van der Waals surface area contributed by atoms with E-state index in [2.05, 4.69) is 116 Å². The molecule has 0 saturated carbocycles. The van der Waals surface area contributed by atoms with Gasteiger partial charge in [0.05, 0.1) is 0 Å². The molecule has 0 amide bonds. The molecular weight excluding hydrogens is 386 g/mol. The molecule has 0 radical (unpaired) electrons. The fourth-order valence-corrected chi connectivity index (χ4v) is 3.32. The lowest BCUT2D eigenvalue weighted by molar-refractivity contribution is 1.13. The second-order valence-electron chi connectivity index (χ2n) is 7.09. The highest BCUT2D eigenvalue weighted by Crippen LogP contribution is 2.32. The molecule has 0 bridgehead atoms. The zero-order valence-electron chi connectivity index (χ0n) is 19.7. The first kappa shape index (κ1) is 24.7. The highest BCUT2D eigenvalue weighted by molar-refractivity contribution is 5.73. The fourth-order valence-electron chi connectivity index (χ4n) is 3.32. The van der Waals surface area contributed by atoms with E-state index in [0.29, 0.717) is 0 Å². The monoisotopic (exact) mass is 421 g/mol. The molecule has 0 atom stereocenters. The summed E-state index contributed by atoms with van der Waals surface area (Å²) in [6, 6.07) is 29.7. The van der Waals surface area contributed by atoms with Crippen molar-refractivity contribution in [1.82, 2.24) is 0 Å². The van der Waals surface area contributed by atoms with Gasteiger partial charge in [-0.05, 0) is 54.3 Å². The van der Waals surface area contributed by atoms with Crippen LogP contribution in [-0.2, 0) is 0 Å². The third-order valence-corrected chi connectivity index (χ3v) is 4.88. The maximum absolute atomic E-state index is 4.01. The van der Waals surface area contributed by atoms with Crippen molar-refractivity contribution in [2.75, 3.05) is 4.90 Å². The summed E-state index contributed by atoms with van der Waals surface area (Å²) >= 11 is 0. The predicted octanol–water partition coefficient (Wildman–Crippen LogP) is 9.50. The van der Waals surface area contributed by atoms with Crippen LogP contribution in [-0.4, -0.2) is 0 Å². The van der Waals surface area contributed by atoms with Crippen molar-refractivity contribution in [2.45, 2.75) is 33.6 Å². The lowest BCUT2D eigenvalue weighted by Gasteiger charge is -2.27. The largest absolute Gasteiger partial charge is 0.311 e. The Kier molecular flexibility index (Phi) is 10.5. The number of benzene rings is 3. The first-order valence-electron chi connectivity index (χ1n) is 11.4. The number of para-hydroxylation sites is 1. The standard InChI is InChI=1S/C29H29N.C2H6/c1-4-13-27(19-12-14-24(3)5-2)30(28-17-10-7-11-18-28)29-22-20-26(21-23-29)25-15-8-6-9-16-25;1-2/h5-13,15-23H,2-4,14H2,1H3;1-2H3/b19-12-,27-13+;. The fraction of sp³-hybridized carbons (Fsp3) is 0.161. The average molecular weight is 422 g/mol. The van der Waals surface area contributed by atoms with Crippen LogP contribution in [0.1, 0.15) is 33.6 Å². The highest BCUT2D eigenvalue weighted by Gasteiger charge is 2.12. The molecule has 3 aromatic rings. The van der Waals surface area contributed by atoms with E-state index in [0.717, 1.165) is 35.5 Å². The molecule has 1 nitrogen and oxygen atoms in total. The normalized spacial score (nSPS) is 10.9. The number of anilines is 2. The predicted molar refractivity (Wildman–Crippen MR) is 143 cm³/mol. The van der Waals surface area contributed by atoms with Gasteiger partial charge >= 0.3 is 0 Å². The Morgan fingerprint density at radius 1 is 0.781 bits per heavy atom. The SMILES string of the molecule is C=CC(=C)C/C=C\C(=C/CC)N(c1ccccc1)c1ccc(-c2ccccc2)cc1.CC. The number of nitrogens with zero attached hydrogens (tertiary/aromatic N) is 1. The zero-order valence-corrected chi connectivity index (χ0v) is 19.7. The van der Waals surface area contributed by atoms with Gasteiger partial charge in [0.2, 0.25) is 0 Å². The van der Waals surface area contributed by atoms with E-state index in [1.54, 1.807) is 0 Å². The van der Waals surface area contributed by atoms with Crippen molar-refractivity contribution in [2.24, 2.45) is 0 Å². The molecule has 0 saturated heterocycles. The summed E-state index contributed by atoms with van der Waals surface area (Å²) in [4.78, 5) is 2.30. The Morgan fingerprint density at radius 3 is 1.88 bits per heavy atom. The summed E-state index contributed by atoms with van der Waals surface area (Å²) in [5, 5.41) is 0. The summed E-state index contributed by atoms with van der Waals surface area (Å²) in [7, 11) is 0. The summed E-state index contributed by atoms with van der Waals surface area (Å²) in [5.74, 6) is 0.